The Kier molecular flexibility index (Phi) is 5.99. The molecule has 2 amide bonds. The van der Waals surface area contributed by atoms with Crippen LogP contribution in [0.25, 0.3) is 0 Å². The number of hydrogen-bond donors (Lipinski definition) is 0. The Hall–Kier alpha value is -1.84. The average molecular weight is 302 g/mol. The van der Waals surface area contributed by atoms with E-state index in [2.05, 4.69) is 13.8 Å². The minimum atomic E-state index is -0.378. The van der Waals surface area contributed by atoms with Gasteiger partial charge in [-0.1, -0.05) is 44.9 Å². The zero-order valence-electron chi connectivity index (χ0n) is 13.7. The third kappa shape index (κ3) is 3.67. The summed E-state index contributed by atoms with van der Waals surface area (Å²) >= 11 is 0. The van der Waals surface area contributed by atoms with E-state index in [4.69, 9.17) is 0 Å². The van der Waals surface area contributed by atoms with Gasteiger partial charge >= 0.3 is 11.8 Å². The molecule has 22 heavy (non-hydrogen) atoms. The first-order chi connectivity index (χ1) is 10.7. The average Bonchev–Trinajstić information content (AvgIpc) is 2.98. The first-order valence-electron chi connectivity index (χ1n) is 8.37. The Balaban J connectivity index is 2.08. The van der Waals surface area contributed by atoms with Gasteiger partial charge in [-0.05, 0) is 30.9 Å². The molecular weight excluding hydrogens is 276 g/mol. The first-order valence-corrected chi connectivity index (χ1v) is 8.37. The molecule has 0 aliphatic carbocycles. The molecule has 4 nitrogen and oxygen atoms in total. The topological polar surface area (TPSA) is 40.6 Å². The molecule has 1 heterocycles. The quantitative estimate of drug-likeness (QED) is 0.758. The molecule has 0 atom stereocenters. The molecule has 120 valence electrons. The van der Waals surface area contributed by atoms with Crippen molar-refractivity contribution in [1.29, 1.82) is 0 Å². The second kappa shape index (κ2) is 7.97. The van der Waals surface area contributed by atoms with Gasteiger partial charge in [-0.15, -0.1) is 0 Å². The van der Waals surface area contributed by atoms with E-state index in [-0.39, 0.29) is 11.8 Å². The van der Waals surface area contributed by atoms with Crippen LogP contribution in [0, 0.1) is 0 Å². The van der Waals surface area contributed by atoms with Crippen molar-refractivity contribution in [3.05, 3.63) is 29.8 Å². The second-order valence-electron chi connectivity index (χ2n) is 5.83. The fraction of sp³-hybridized carbons (Fsp3) is 0.556. The zero-order chi connectivity index (χ0) is 15.9. The number of carbonyl (C=O) groups is 2. The Bertz CT molecular complexity index is 520. The number of benzene rings is 1. The highest BCUT2D eigenvalue weighted by Crippen LogP contribution is 2.27. The number of hydrogen-bond acceptors (Lipinski definition) is 2. The molecule has 0 aromatic heterocycles. The smallest absolute Gasteiger partial charge is 0.316 e. The lowest BCUT2D eigenvalue weighted by Crippen LogP contribution is -2.45. The molecule has 2 rings (SSSR count). The number of anilines is 1. The molecule has 0 saturated heterocycles. The number of unbranched alkanes of at least 4 members (excludes halogenated alkanes) is 2. The van der Waals surface area contributed by atoms with Gasteiger partial charge in [0.2, 0.25) is 0 Å². The highest BCUT2D eigenvalue weighted by atomic mass is 16.2. The zero-order valence-corrected chi connectivity index (χ0v) is 13.7. The fourth-order valence-corrected chi connectivity index (χ4v) is 2.81. The van der Waals surface area contributed by atoms with Gasteiger partial charge in [0.1, 0.15) is 0 Å². The number of carbonyl (C=O) groups excluding carboxylic acids is 2. The number of fused-ring (bicyclic) bond motifs is 1. The van der Waals surface area contributed by atoms with Crippen LogP contribution in [0.3, 0.4) is 0 Å². The van der Waals surface area contributed by atoms with Gasteiger partial charge < -0.3 is 9.80 Å². The van der Waals surface area contributed by atoms with Crippen molar-refractivity contribution in [2.24, 2.45) is 0 Å². The minimum absolute atomic E-state index is 0.349. The van der Waals surface area contributed by atoms with Gasteiger partial charge in [0.05, 0.1) is 0 Å². The maximum Gasteiger partial charge on any atom is 0.316 e. The number of para-hydroxylation sites is 1. The van der Waals surface area contributed by atoms with Crippen LogP contribution in [0.4, 0.5) is 5.69 Å². The summed E-state index contributed by atoms with van der Waals surface area (Å²) in [6.45, 7) is 6.16. The number of nitrogens with zero attached hydrogens (tertiary/aromatic N) is 2. The summed E-state index contributed by atoms with van der Waals surface area (Å²) < 4.78 is 0. The van der Waals surface area contributed by atoms with Crippen LogP contribution in [0.2, 0.25) is 0 Å². The molecule has 0 bridgehead atoms. The maximum atomic E-state index is 12.6. The predicted molar refractivity (Wildman–Crippen MR) is 88.9 cm³/mol. The SMILES string of the molecule is CCCCN(CCCC)C(=O)C(=O)N1CCc2ccccc21. The second-order valence-corrected chi connectivity index (χ2v) is 5.83. The highest BCUT2D eigenvalue weighted by Gasteiger charge is 2.31. The van der Waals surface area contributed by atoms with Gasteiger partial charge in [0.25, 0.3) is 0 Å². The van der Waals surface area contributed by atoms with Gasteiger partial charge in [0.15, 0.2) is 0 Å². The van der Waals surface area contributed by atoms with E-state index >= 15 is 0 Å². The molecule has 1 aliphatic rings. The Morgan fingerprint density at radius 1 is 1.09 bits per heavy atom. The van der Waals surface area contributed by atoms with Crippen molar-refractivity contribution in [3.8, 4) is 0 Å². The Morgan fingerprint density at radius 3 is 2.36 bits per heavy atom. The molecule has 4 heteroatoms. The lowest BCUT2D eigenvalue weighted by molar-refractivity contribution is -0.144. The minimum Gasteiger partial charge on any atom is -0.334 e. The van der Waals surface area contributed by atoms with Crippen molar-refractivity contribution in [3.63, 3.8) is 0 Å². The summed E-state index contributed by atoms with van der Waals surface area (Å²) in [6.07, 6.45) is 4.77. The maximum absolute atomic E-state index is 12.6. The molecule has 0 saturated carbocycles. The van der Waals surface area contributed by atoms with Gasteiger partial charge in [-0.2, -0.15) is 0 Å². The molecule has 1 aromatic carbocycles. The Morgan fingerprint density at radius 2 is 1.73 bits per heavy atom. The van der Waals surface area contributed by atoms with E-state index in [1.807, 2.05) is 24.3 Å². The van der Waals surface area contributed by atoms with Gasteiger partial charge in [-0.3, -0.25) is 9.59 Å². The molecule has 0 N–H and O–H groups in total. The molecule has 0 fully saturated rings. The number of amides is 2. The normalized spacial score (nSPS) is 13.1. The van der Waals surface area contributed by atoms with Crippen LogP contribution in [0.15, 0.2) is 24.3 Å². The van der Waals surface area contributed by atoms with E-state index in [0.29, 0.717) is 19.6 Å². The standard InChI is InChI=1S/C18H26N2O2/c1-3-5-12-19(13-6-4-2)17(21)18(22)20-14-11-15-9-7-8-10-16(15)20/h7-10H,3-6,11-14H2,1-2H3. The fourth-order valence-electron chi connectivity index (χ4n) is 2.81. The molecule has 0 radical (unpaired) electrons. The monoisotopic (exact) mass is 302 g/mol. The summed E-state index contributed by atoms with van der Waals surface area (Å²) in [5, 5.41) is 0. The van der Waals surface area contributed by atoms with Crippen molar-refractivity contribution in [1.82, 2.24) is 4.90 Å². The summed E-state index contributed by atoms with van der Waals surface area (Å²) in [7, 11) is 0. The molecule has 1 aliphatic heterocycles. The molecular formula is C18H26N2O2. The van der Waals surface area contributed by atoms with Gasteiger partial charge in [-0.25, -0.2) is 0 Å². The van der Waals surface area contributed by atoms with Crippen molar-refractivity contribution >= 4 is 17.5 Å². The van der Waals surface area contributed by atoms with Gasteiger partial charge in [0, 0.05) is 25.3 Å². The van der Waals surface area contributed by atoms with E-state index in [1.54, 1.807) is 9.80 Å². The summed E-state index contributed by atoms with van der Waals surface area (Å²) in [6, 6.07) is 7.85. The summed E-state index contributed by atoms with van der Waals surface area (Å²) in [5.74, 6) is -0.726. The lowest BCUT2D eigenvalue weighted by atomic mass is 10.2. The third-order valence-electron chi connectivity index (χ3n) is 4.17. The third-order valence-corrected chi connectivity index (χ3v) is 4.17. The summed E-state index contributed by atoms with van der Waals surface area (Å²) in [5.41, 5.74) is 2.05. The molecule has 0 unspecified atom stereocenters. The van der Waals surface area contributed by atoms with Crippen molar-refractivity contribution in [2.45, 2.75) is 46.0 Å². The van der Waals surface area contributed by atoms with Crippen LogP contribution in [-0.2, 0) is 16.0 Å². The van der Waals surface area contributed by atoms with Crippen LogP contribution >= 0.6 is 0 Å². The summed E-state index contributed by atoms with van der Waals surface area (Å²) in [4.78, 5) is 28.6. The van der Waals surface area contributed by atoms with E-state index in [1.165, 1.54) is 0 Å². The predicted octanol–water partition coefficient (Wildman–Crippen LogP) is 3.00. The van der Waals surface area contributed by atoms with Crippen LogP contribution in [-0.4, -0.2) is 36.3 Å². The van der Waals surface area contributed by atoms with Crippen LogP contribution in [0.1, 0.15) is 45.1 Å². The van der Waals surface area contributed by atoms with Crippen LogP contribution < -0.4 is 4.90 Å². The molecule has 0 spiro atoms. The Labute approximate surface area is 133 Å². The van der Waals surface area contributed by atoms with E-state index < -0.39 is 0 Å². The lowest BCUT2D eigenvalue weighted by Gasteiger charge is -2.25. The first kappa shape index (κ1) is 16.5. The molecule has 1 aromatic rings. The van der Waals surface area contributed by atoms with E-state index in [9.17, 15) is 9.59 Å². The number of rotatable bonds is 6. The van der Waals surface area contributed by atoms with Crippen LogP contribution in [0.5, 0.6) is 0 Å². The van der Waals surface area contributed by atoms with Crippen molar-refractivity contribution < 1.29 is 9.59 Å². The van der Waals surface area contributed by atoms with Crippen molar-refractivity contribution in [2.75, 3.05) is 24.5 Å². The largest absolute Gasteiger partial charge is 0.334 e. The van der Waals surface area contributed by atoms with E-state index in [0.717, 1.165) is 43.4 Å². The highest BCUT2D eigenvalue weighted by molar-refractivity contribution is 6.40.